The van der Waals surface area contributed by atoms with Crippen molar-refractivity contribution in [2.45, 2.75) is 6.18 Å². The molecule has 0 heterocycles. The Kier molecular flexibility index (Phi) is 2.78. The van der Waals surface area contributed by atoms with Crippen molar-refractivity contribution in [3.05, 3.63) is 34.9 Å². The summed E-state index contributed by atoms with van der Waals surface area (Å²) in [6.07, 6.45) is -4.46. The molecule has 0 bridgehead atoms. The fourth-order valence-corrected chi connectivity index (χ4v) is 1.06. The van der Waals surface area contributed by atoms with E-state index in [-0.39, 0.29) is 11.8 Å². The van der Waals surface area contributed by atoms with Crippen LogP contribution in [-0.4, -0.2) is 17.4 Å². The van der Waals surface area contributed by atoms with Crippen molar-refractivity contribution in [1.82, 2.24) is 0 Å². The molecule has 0 aliphatic rings. The number of hydrogen-bond donors (Lipinski definition) is 1. The van der Waals surface area contributed by atoms with Crippen LogP contribution in [0.1, 0.15) is 26.3 Å². The molecule has 15 heavy (non-hydrogen) atoms. The number of aldehydes is 1. The van der Waals surface area contributed by atoms with Crippen molar-refractivity contribution in [3.8, 4) is 0 Å². The third-order valence-electron chi connectivity index (χ3n) is 1.72. The molecule has 1 rings (SSSR count). The van der Waals surface area contributed by atoms with E-state index in [1.807, 2.05) is 0 Å². The lowest BCUT2D eigenvalue weighted by molar-refractivity contribution is -0.138. The standard InChI is InChI=1S/C9H5F3O3/c10-9(11,12)7-2-1-5(4-13)3-6(7)8(14)15/h1-4H,(H,14,15). The SMILES string of the molecule is O=Cc1ccc(C(F)(F)F)c(C(=O)O)c1. The van der Waals surface area contributed by atoms with Gasteiger partial charge in [0.1, 0.15) is 6.29 Å². The van der Waals surface area contributed by atoms with Gasteiger partial charge < -0.3 is 5.11 Å². The van der Waals surface area contributed by atoms with Crippen LogP contribution in [0.25, 0.3) is 0 Å². The molecule has 0 aromatic heterocycles. The predicted octanol–water partition coefficient (Wildman–Crippen LogP) is 2.22. The lowest BCUT2D eigenvalue weighted by Crippen LogP contribution is -2.13. The van der Waals surface area contributed by atoms with Gasteiger partial charge in [0.2, 0.25) is 0 Å². The van der Waals surface area contributed by atoms with Gasteiger partial charge in [0, 0.05) is 5.56 Å². The van der Waals surface area contributed by atoms with Crippen molar-refractivity contribution in [2.24, 2.45) is 0 Å². The highest BCUT2D eigenvalue weighted by atomic mass is 19.4. The Morgan fingerprint density at radius 1 is 1.33 bits per heavy atom. The lowest BCUT2D eigenvalue weighted by atomic mass is 10.0. The molecule has 6 heteroatoms. The Hall–Kier alpha value is -1.85. The molecule has 0 radical (unpaired) electrons. The number of rotatable bonds is 2. The molecule has 0 fully saturated rings. The molecule has 0 unspecified atom stereocenters. The summed E-state index contributed by atoms with van der Waals surface area (Å²) < 4.78 is 36.9. The van der Waals surface area contributed by atoms with Gasteiger partial charge in [0.15, 0.2) is 0 Å². The van der Waals surface area contributed by atoms with Crippen LogP contribution in [0.3, 0.4) is 0 Å². The Morgan fingerprint density at radius 3 is 2.33 bits per heavy atom. The topological polar surface area (TPSA) is 54.4 Å². The zero-order chi connectivity index (χ0) is 11.6. The van der Waals surface area contributed by atoms with E-state index in [1.54, 1.807) is 0 Å². The second-order valence-electron chi connectivity index (χ2n) is 2.73. The molecular weight excluding hydrogens is 213 g/mol. The zero-order valence-corrected chi connectivity index (χ0v) is 7.21. The maximum atomic E-state index is 12.3. The molecule has 0 aliphatic heterocycles. The first kappa shape index (κ1) is 11.2. The number of carbonyl (C=O) groups is 2. The highest BCUT2D eigenvalue weighted by molar-refractivity contribution is 5.92. The van der Waals surface area contributed by atoms with Gasteiger partial charge in [0.05, 0.1) is 11.1 Å². The molecule has 1 N–H and O–H groups in total. The minimum absolute atomic E-state index is 0.111. The average Bonchev–Trinajstić information content (AvgIpc) is 2.15. The smallest absolute Gasteiger partial charge is 0.417 e. The molecule has 0 spiro atoms. The molecule has 0 amide bonds. The number of halogens is 3. The quantitative estimate of drug-likeness (QED) is 0.774. The second-order valence-corrected chi connectivity index (χ2v) is 2.73. The highest BCUT2D eigenvalue weighted by Gasteiger charge is 2.35. The number of aromatic carboxylic acids is 1. The molecule has 0 aliphatic carbocycles. The van der Waals surface area contributed by atoms with Crippen LogP contribution in [0.15, 0.2) is 18.2 Å². The van der Waals surface area contributed by atoms with E-state index < -0.39 is 23.3 Å². The molecule has 3 nitrogen and oxygen atoms in total. The van der Waals surface area contributed by atoms with Gasteiger partial charge in [-0.25, -0.2) is 4.79 Å². The number of benzene rings is 1. The van der Waals surface area contributed by atoms with Crippen LogP contribution >= 0.6 is 0 Å². The van der Waals surface area contributed by atoms with E-state index in [2.05, 4.69) is 0 Å². The zero-order valence-electron chi connectivity index (χ0n) is 7.21. The van der Waals surface area contributed by atoms with Gasteiger partial charge in [-0.3, -0.25) is 4.79 Å². The first-order valence-corrected chi connectivity index (χ1v) is 3.76. The minimum Gasteiger partial charge on any atom is -0.478 e. The van der Waals surface area contributed by atoms with Crippen molar-refractivity contribution < 1.29 is 27.9 Å². The first-order chi connectivity index (χ1) is 6.86. The van der Waals surface area contributed by atoms with Crippen molar-refractivity contribution in [2.75, 3.05) is 0 Å². The van der Waals surface area contributed by atoms with Crippen LogP contribution in [0.5, 0.6) is 0 Å². The summed E-state index contributed by atoms with van der Waals surface area (Å²) in [5.41, 5.74) is -2.30. The van der Waals surface area contributed by atoms with Crippen LogP contribution < -0.4 is 0 Å². The van der Waals surface area contributed by atoms with Gasteiger partial charge in [-0.2, -0.15) is 13.2 Å². The average molecular weight is 218 g/mol. The van der Waals surface area contributed by atoms with E-state index in [4.69, 9.17) is 5.11 Å². The van der Waals surface area contributed by atoms with Crippen LogP contribution in [0.4, 0.5) is 13.2 Å². The number of carbonyl (C=O) groups excluding carboxylic acids is 1. The minimum atomic E-state index is -4.74. The summed E-state index contributed by atoms with van der Waals surface area (Å²) >= 11 is 0. The molecule has 1 aromatic rings. The van der Waals surface area contributed by atoms with Crippen LogP contribution in [0, 0.1) is 0 Å². The molecule has 0 saturated carbocycles. The van der Waals surface area contributed by atoms with E-state index in [0.29, 0.717) is 12.1 Å². The molecule has 0 atom stereocenters. The van der Waals surface area contributed by atoms with E-state index in [0.717, 1.165) is 6.07 Å². The van der Waals surface area contributed by atoms with E-state index in [9.17, 15) is 22.8 Å². The van der Waals surface area contributed by atoms with Crippen LogP contribution in [0.2, 0.25) is 0 Å². The Bertz CT molecular complexity index is 410. The summed E-state index contributed by atoms with van der Waals surface area (Å²) in [5, 5.41) is 8.53. The second kappa shape index (κ2) is 3.72. The molecule has 1 aromatic carbocycles. The Labute approximate surface area is 82.1 Å². The summed E-state index contributed by atoms with van der Waals surface area (Å²) in [4.78, 5) is 20.8. The van der Waals surface area contributed by atoms with Crippen molar-refractivity contribution in [3.63, 3.8) is 0 Å². The van der Waals surface area contributed by atoms with E-state index >= 15 is 0 Å². The van der Waals surface area contributed by atoms with Gasteiger partial charge in [0.25, 0.3) is 0 Å². The molecule has 0 saturated heterocycles. The fourth-order valence-electron chi connectivity index (χ4n) is 1.06. The lowest BCUT2D eigenvalue weighted by Gasteiger charge is -2.09. The summed E-state index contributed by atoms with van der Waals surface area (Å²) in [6.45, 7) is 0. The van der Waals surface area contributed by atoms with Gasteiger partial charge in [-0.1, -0.05) is 6.07 Å². The monoisotopic (exact) mass is 218 g/mol. The molecular formula is C9H5F3O3. The summed E-state index contributed by atoms with van der Waals surface area (Å²) in [7, 11) is 0. The first-order valence-electron chi connectivity index (χ1n) is 3.76. The van der Waals surface area contributed by atoms with Gasteiger partial charge in [-0.05, 0) is 12.1 Å². The largest absolute Gasteiger partial charge is 0.478 e. The van der Waals surface area contributed by atoms with Crippen LogP contribution in [-0.2, 0) is 6.18 Å². The maximum Gasteiger partial charge on any atom is 0.417 e. The Morgan fingerprint density at radius 2 is 1.93 bits per heavy atom. The van der Waals surface area contributed by atoms with Gasteiger partial charge in [-0.15, -0.1) is 0 Å². The summed E-state index contributed by atoms with van der Waals surface area (Å²) in [5.74, 6) is -1.72. The maximum absolute atomic E-state index is 12.3. The third kappa shape index (κ3) is 2.34. The predicted molar refractivity (Wildman–Crippen MR) is 43.8 cm³/mol. The molecule has 80 valence electrons. The third-order valence-corrected chi connectivity index (χ3v) is 1.72. The number of carboxylic acid groups (broad SMARTS) is 1. The number of alkyl halides is 3. The Balaban J connectivity index is 3.40. The van der Waals surface area contributed by atoms with E-state index in [1.165, 1.54) is 0 Å². The fraction of sp³-hybridized carbons (Fsp3) is 0.111. The number of hydrogen-bond acceptors (Lipinski definition) is 2. The normalized spacial score (nSPS) is 11.1. The van der Waals surface area contributed by atoms with Crippen molar-refractivity contribution in [1.29, 1.82) is 0 Å². The summed E-state index contributed by atoms with van der Waals surface area (Å²) in [6, 6.07) is 2.19. The van der Waals surface area contributed by atoms with Gasteiger partial charge >= 0.3 is 12.1 Å². The number of carboxylic acids is 1. The highest BCUT2D eigenvalue weighted by Crippen LogP contribution is 2.32. The van der Waals surface area contributed by atoms with Crippen molar-refractivity contribution >= 4 is 12.3 Å².